The maximum atomic E-state index is 14.1. The summed E-state index contributed by atoms with van der Waals surface area (Å²) in [5.74, 6) is -1.40. The van der Waals surface area contributed by atoms with E-state index in [0.717, 1.165) is 22.3 Å². The number of amides is 4. The van der Waals surface area contributed by atoms with Crippen LogP contribution in [0.15, 0.2) is 73.1 Å². The summed E-state index contributed by atoms with van der Waals surface area (Å²) in [7, 11) is 0. The summed E-state index contributed by atoms with van der Waals surface area (Å²) < 4.78 is 0. The lowest BCUT2D eigenvalue weighted by molar-refractivity contribution is -0.138. The third-order valence-electron chi connectivity index (χ3n) is 8.39. The quantitative estimate of drug-likeness (QED) is 0.335. The van der Waals surface area contributed by atoms with Crippen molar-refractivity contribution in [1.29, 1.82) is 0 Å². The first-order chi connectivity index (χ1) is 21.8. The fraction of sp³-hybridized carbons (Fsp3) is 0.400. The molecule has 1 unspecified atom stereocenters. The number of fused-ring (bicyclic) bond motifs is 3. The Balaban J connectivity index is 0.00000300. The van der Waals surface area contributed by atoms with Crippen LogP contribution in [-0.4, -0.2) is 71.3 Å². The second-order valence-electron chi connectivity index (χ2n) is 12.3. The average molecular weight is 684 g/mol. The lowest BCUT2D eigenvalue weighted by Gasteiger charge is -2.34. The molecule has 2 bridgehead atoms. The van der Waals surface area contributed by atoms with Crippen molar-refractivity contribution in [3.8, 4) is 0 Å². The molecular weight excluding hydrogens is 639 g/mol. The molecular formula is C35H44Cl2N6O4. The second kappa shape index (κ2) is 17.8. The second-order valence-corrected chi connectivity index (χ2v) is 12.3. The molecule has 4 amide bonds. The van der Waals surface area contributed by atoms with Crippen LogP contribution in [0.25, 0.3) is 0 Å². The molecule has 0 saturated heterocycles. The number of pyridine rings is 1. The van der Waals surface area contributed by atoms with Crippen molar-refractivity contribution in [3.63, 3.8) is 0 Å². The standard InChI is InChI=1S/C35H42N6O4.2ClH/c1-23(2)32-34(44)39-29(16-24-9-4-3-5-10-24)21-41(35(45)30-17-26-12-6-7-13-27(26)20-38-30)22-31(42)37-14-8-11-25-15-28(19-36-18-25)33(43)40-32;;/h3-7,9-10,12-13,15,18-19,23,29-30,32,38H,8,11,14,16-17,20-22H2,1-2H3,(H,37,42)(H,39,44)(H,40,43);2*1H/t29?,30-,32-;;/m1../s1. The number of carbonyl (C=O) groups excluding carboxylic acids is 4. The molecule has 0 spiro atoms. The van der Waals surface area contributed by atoms with Crippen LogP contribution in [0, 0.1) is 5.92 Å². The van der Waals surface area contributed by atoms with Crippen LogP contribution < -0.4 is 21.3 Å². The van der Waals surface area contributed by atoms with Gasteiger partial charge >= 0.3 is 0 Å². The number of nitrogens with one attached hydrogen (secondary N) is 4. The summed E-state index contributed by atoms with van der Waals surface area (Å²) in [5, 5.41) is 12.3. The molecule has 0 aliphatic carbocycles. The van der Waals surface area contributed by atoms with E-state index in [1.165, 1.54) is 6.20 Å². The van der Waals surface area contributed by atoms with E-state index in [4.69, 9.17) is 0 Å². The van der Waals surface area contributed by atoms with Crippen molar-refractivity contribution in [2.45, 2.75) is 64.2 Å². The number of aryl methyl sites for hydroxylation is 1. The van der Waals surface area contributed by atoms with Gasteiger partial charge in [0.15, 0.2) is 0 Å². The van der Waals surface area contributed by atoms with E-state index in [9.17, 15) is 19.2 Å². The van der Waals surface area contributed by atoms with Crippen LogP contribution in [0.1, 0.15) is 52.9 Å². The van der Waals surface area contributed by atoms with E-state index in [2.05, 4.69) is 26.3 Å². The summed E-state index contributed by atoms with van der Waals surface area (Å²) in [4.78, 5) is 60.2. The minimum absolute atomic E-state index is 0. The molecule has 5 rings (SSSR count). The molecule has 12 heteroatoms. The van der Waals surface area contributed by atoms with E-state index in [1.54, 1.807) is 17.2 Å². The predicted molar refractivity (Wildman–Crippen MR) is 186 cm³/mol. The van der Waals surface area contributed by atoms with Gasteiger partial charge in [-0.2, -0.15) is 0 Å². The van der Waals surface area contributed by atoms with Gasteiger partial charge in [0.05, 0.1) is 24.2 Å². The Labute approximate surface area is 288 Å². The first-order valence-electron chi connectivity index (χ1n) is 15.7. The Morgan fingerprint density at radius 2 is 1.68 bits per heavy atom. The van der Waals surface area contributed by atoms with Crippen molar-refractivity contribution in [2.24, 2.45) is 5.92 Å². The zero-order valence-corrected chi connectivity index (χ0v) is 28.4. The van der Waals surface area contributed by atoms with Gasteiger partial charge in [-0.1, -0.05) is 68.4 Å². The summed E-state index contributed by atoms with van der Waals surface area (Å²) >= 11 is 0. The summed E-state index contributed by atoms with van der Waals surface area (Å²) in [6.07, 6.45) is 5.38. The van der Waals surface area contributed by atoms with Gasteiger partial charge in [-0.15, -0.1) is 24.8 Å². The molecule has 0 radical (unpaired) electrons. The summed E-state index contributed by atoms with van der Waals surface area (Å²) in [6.45, 7) is 4.70. The van der Waals surface area contributed by atoms with Crippen molar-refractivity contribution < 1.29 is 19.2 Å². The first kappa shape index (κ1) is 37.5. The minimum atomic E-state index is -0.820. The molecule has 2 aliphatic heterocycles. The van der Waals surface area contributed by atoms with Crippen molar-refractivity contribution in [2.75, 3.05) is 19.6 Å². The predicted octanol–water partition coefficient (Wildman–Crippen LogP) is 3.01. The van der Waals surface area contributed by atoms with Gasteiger partial charge in [-0.05, 0) is 59.9 Å². The van der Waals surface area contributed by atoms with Gasteiger partial charge in [-0.3, -0.25) is 24.2 Å². The molecule has 2 aliphatic rings. The Bertz CT molecular complexity index is 1520. The molecule has 1 aromatic heterocycles. The molecule has 3 heterocycles. The zero-order chi connectivity index (χ0) is 31.8. The lowest BCUT2D eigenvalue weighted by atomic mass is 9.95. The van der Waals surface area contributed by atoms with Crippen LogP contribution in [0.3, 0.4) is 0 Å². The molecule has 2 aromatic carbocycles. The van der Waals surface area contributed by atoms with E-state index in [-0.39, 0.29) is 67.5 Å². The van der Waals surface area contributed by atoms with E-state index < -0.39 is 18.1 Å². The molecule has 4 N–H and O–H groups in total. The number of aromatic nitrogens is 1. The van der Waals surface area contributed by atoms with Crippen molar-refractivity contribution in [1.82, 2.24) is 31.2 Å². The van der Waals surface area contributed by atoms with Crippen molar-refractivity contribution in [3.05, 3.63) is 101 Å². The third kappa shape index (κ3) is 10.2. The molecule has 10 nitrogen and oxygen atoms in total. The smallest absolute Gasteiger partial charge is 0.253 e. The highest BCUT2D eigenvalue weighted by molar-refractivity contribution is 5.97. The number of hydrogen-bond acceptors (Lipinski definition) is 6. The number of rotatable bonds is 4. The topological polar surface area (TPSA) is 133 Å². The maximum absolute atomic E-state index is 14.1. The van der Waals surface area contributed by atoms with Gasteiger partial charge in [0, 0.05) is 32.0 Å². The lowest BCUT2D eigenvalue weighted by Crippen LogP contribution is -2.58. The van der Waals surface area contributed by atoms with Crippen molar-refractivity contribution >= 4 is 48.4 Å². The van der Waals surface area contributed by atoms with Crippen LogP contribution in [-0.2, 0) is 40.2 Å². The van der Waals surface area contributed by atoms with E-state index in [0.29, 0.717) is 44.3 Å². The average Bonchev–Trinajstić information content (AvgIpc) is 3.04. The highest BCUT2D eigenvalue weighted by atomic mass is 35.5. The Morgan fingerprint density at radius 1 is 0.957 bits per heavy atom. The van der Waals surface area contributed by atoms with Gasteiger partial charge in [0.2, 0.25) is 17.7 Å². The summed E-state index contributed by atoms with van der Waals surface area (Å²) in [6, 6.07) is 17.7. The number of hydrogen-bond donors (Lipinski definition) is 4. The molecule has 252 valence electrons. The highest BCUT2D eigenvalue weighted by Crippen LogP contribution is 2.18. The number of benzene rings is 2. The van der Waals surface area contributed by atoms with Gasteiger partial charge in [0.1, 0.15) is 6.04 Å². The van der Waals surface area contributed by atoms with Crippen LogP contribution in [0.2, 0.25) is 0 Å². The molecule has 0 fully saturated rings. The van der Waals surface area contributed by atoms with Crippen LogP contribution in [0.4, 0.5) is 0 Å². The molecule has 3 atom stereocenters. The number of halogens is 2. The van der Waals surface area contributed by atoms with E-state index >= 15 is 0 Å². The maximum Gasteiger partial charge on any atom is 0.253 e. The van der Waals surface area contributed by atoms with E-state index in [1.807, 2.05) is 68.4 Å². The minimum Gasteiger partial charge on any atom is -0.355 e. The SMILES string of the molecule is CC(C)[C@H]1NC(=O)c2cncc(c2)CCCNC(=O)CN(C(=O)[C@H]2Cc3ccccc3CN2)CC(Cc2ccccc2)NC1=O.Cl.Cl. The number of carbonyl (C=O) groups is 4. The monoisotopic (exact) mass is 682 g/mol. The van der Waals surface area contributed by atoms with Gasteiger partial charge in [-0.25, -0.2) is 0 Å². The first-order valence-corrected chi connectivity index (χ1v) is 15.7. The third-order valence-corrected chi connectivity index (χ3v) is 8.39. The van der Waals surface area contributed by atoms with Crippen LogP contribution in [0.5, 0.6) is 0 Å². The normalized spacial score (nSPS) is 20.7. The fourth-order valence-electron chi connectivity index (χ4n) is 5.96. The Hall–Kier alpha value is -3.99. The molecule has 0 saturated carbocycles. The van der Waals surface area contributed by atoms with Gasteiger partial charge < -0.3 is 26.2 Å². The Morgan fingerprint density at radius 3 is 2.43 bits per heavy atom. The summed E-state index contributed by atoms with van der Waals surface area (Å²) in [5.41, 5.74) is 4.46. The molecule has 3 aromatic rings. The van der Waals surface area contributed by atoms with Gasteiger partial charge in [0.25, 0.3) is 5.91 Å². The highest BCUT2D eigenvalue weighted by Gasteiger charge is 2.33. The Kier molecular flexibility index (Phi) is 14.2. The largest absolute Gasteiger partial charge is 0.355 e. The fourth-order valence-corrected chi connectivity index (χ4v) is 5.96. The molecule has 47 heavy (non-hydrogen) atoms. The van der Waals surface area contributed by atoms with Crippen LogP contribution >= 0.6 is 24.8 Å². The number of nitrogens with zero attached hydrogens (tertiary/aromatic N) is 2. The zero-order valence-electron chi connectivity index (χ0n) is 26.7.